The number of amides is 2. The van der Waals surface area contributed by atoms with Gasteiger partial charge in [-0.15, -0.1) is 0 Å². The van der Waals surface area contributed by atoms with Crippen LogP contribution in [0.4, 0.5) is 11.6 Å². The van der Waals surface area contributed by atoms with Gasteiger partial charge in [-0.25, -0.2) is 14.7 Å². The minimum atomic E-state index is -4.28. The number of halogens is 1. The summed E-state index contributed by atoms with van der Waals surface area (Å²) in [7, 11) is -4.28. The van der Waals surface area contributed by atoms with E-state index in [1.807, 2.05) is 4.72 Å². The highest BCUT2D eigenvalue weighted by Gasteiger charge is 2.35. The molecule has 4 rings (SSSR count). The van der Waals surface area contributed by atoms with E-state index in [1.54, 1.807) is 12.1 Å². The number of aromatic nitrogens is 2. The van der Waals surface area contributed by atoms with Crippen LogP contribution in [0.1, 0.15) is 96.3 Å². The molecule has 1 saturated carbocycles. The van der Waals surface area contributed by atoms with E-state index in [4.69, 9.17) is 16.3 Å². The average molecular weight is 648 g/mol. The first-order valence-electron chi connectivity index (χ1n) is 15.5. The van der Waals surface area contributed by atoms with Crippen molar-refractivity contribution in [3.8, 4) is 0 Å². The summed E-state index contributed by atoms with van der Waals surface area (Å²) in [6.07, 6.45) is 7.66. The van der Waals surface area contributed by atoms with Crippen molar-refractivity contribution in [2.24, 2.45) is 16.7 Å². The predicted molar refractivity (Wildman–Crippen MR) is 172 cm³/mol. The molecule has 0 bridgehead atoms. The van der Waals surface area contributed by atoms with Crippen LogP contribution in [0.3, 0.4) is 0 Å². The molecule has 2 aromatic rings. The molecule has 2 aliphatic rings. The van der Waals surface area contributed by atoms with Crippen LogP contribution in [0, 0.1) is 16.7 Å². The minimum absolute atomic E-state index is 0.134. The third kappa shape index (κ3) is 9.37. The molecular weight excluding hydrogens is 602 g/mol. The maximum absolute atomic E-state index is 13.0. The quantitative estimate of drug-likeness (QED) is 0.194. The molecule has 2 atom stereocenters. The SMILES string of the molecule is CC(C)(C)CCCOC1CCN(c2ccc(C(=O)NS(=O)(=O)c3cccc(NCCC[C@@H]4CCC(C)(C)C4)n3)c(Cl)n2)C1=O. The number of pyridine rings is 2. The topological polar surface area (TPSA) is 131 Å². The Morgan fingerprint density at radius 3 is 2.59 bits per heavy atom. The number of anilines is 2. The normalized spacial score (nSPS) is 20.2. The summed E-state index contributed by atoms with van der Waals surface area (Å²) in [4.78, 5) is 35.7. The van der Waals surface area contributed by atoms with E-state index >= 15 is 0 Å². The van der Waals surface area contributed by atoms with Gasteiger partial charge in [0.15, 0.2) is 5.03 Å². The Morgan fingerprint density at radius 2 is 1.91 bits per heavy atom. The van der Waals surface area contributed by atoms with Crippen LogP contribution in [0.25, 0.3) is 0 Å². The first kappa shape index (κ1) is 34.1. The van der Waals surface area contributed by atoms with E-state index in [-0.39, 0.29) is 32.9 Å². The van der Waals surface area contributed by atoms with Crippen LogP contribution < -0.4 is 14.9 Å². The number of nitrogens with zero attached hydrogens (tertiary/aromatic N) is 3. The highest BCUT2D eigenvalue weighted by atomic mass is 35.5. The van der Waals surface area contributed by atoms with Gasteiger partial charge < -0.3 is 10.1 Å². The molecular formula is C32H46ClN5O5S. The number of hydrogen-bond donors (Lipinski definition) is 2. The summed E-state index contributed by atoms with van der Waals surface area (Å²) in [5.74, 6) is 0.264. The van der Waals surface area contributed by atoms with Crippen molar-refractivity contribution >= 4 is 45.1 Å². The van der Waals surface area contributed by atoms with Crippen molar-refractivity contribution in [1.29, 1.82) is 0 Å². The number of nitrogens with one attached hydrogen (secondary N) is 2. The van der Waals surface area contributed by atoms with E-state index in [0.29, 0.717) is 37.4 Å². The fraction of sp³-hybridized carbons (Fsp3) is 0.625. The molecule has 3 heterocycles. The number of ether oxygens (including phenoxy) is 1. The molecule has 2 aromatic heterocycles. The molecule has 2 fully saturated rings. The summed E-state index contributed by atoms with van der Waals surface area (Å²) in [5.41, 5.74) is 0.490. The van der Waals surface area contributed by atoms with Crippen molar-refractivity contribution in [3.63, 3.8) is 0 Å². The van der Waals surface area contributed by atoms with Gasteiger partial charge in [-0.05, 0) is 86.0 Å². The molecule has 2 amide bonds. The van der Waals surface area contributed by atoms with Gasteiger partial charge in [-0.3, -0.25) is 14.5 Å². The molecule has 0 spiro atoms. The van der Waals surface area contributed by atoms with E-state index in [9.17, 15) is 18.0 Å². The lowest BCUT2D eigenvalue weighted by Gasteiger charge is -2.19. The molecule has 0 radical (unpaired) electrons. The second kappa shape index (κ2) is 14.1. The first-order valence-corrected chi connectivity index (χ1v) is 17.4. The van der Waals surface area contributed by atoms with Crippen molar-refractivity contribution < 1.29 is 22.7 Å². The van der Waals surface area contributed by atoms with Crippen molar-refractivity contribution in [2.75, 3.05) is 29.9 Å². The summed E-state index contributed by atoms with van der Waals surface area (Å²) >= 11 is 6.30. The summed E-state index contributed by atoms with van der Waals surface area (Å²) < 4.78 is 33.9. The molecule has 1 unspecified atom stereocenters. The third-order valence-corrected chi connectivity index (χ3v) is 9.81. The van der Waals surface area contributed by atoms with Crippen molar-refractivity contribution in [1.82, 2.24) is 14.7 Å². The minimum Gasteiger partial charge on any atom is -0.370 e. The third-order valence-electron chi connectivity index (χ3n) is 8.29. The molecule has 12 heteroatoms. The second-order valence-corrected chi connectivity index (χ2v) is 15.9. The maximum Gasteiger partial charge on any atom is 0.281 e. The summed E-state index contributed by atoms with van der Waals surface area (Å²) in [6.45, 7) is 12.7. The smallest absolute Gasteiger partial charge is 0.281 e. The molecule has 2 N–H and O–H groups in total. The lowest BCUT2D eigenvalue weighted by Crippen LogP contribution is -2.33. The Bertz CT molecular complexity index is 1440. The molecule has 1 saturated heterocycles. The number of carbonyl (C=O) groups is 2. The Balaban J connectivity index is 1.30. The van der Waals surface area contributed by atoms with E-state index in [0.717, 1.165) is 31.6 Å². The molecule has 0 aromatic carbocycles. The second-order valence-electron chi connectivity index (χ2n) is 13.9. The predicted octanol–water partition coefficient (Wildman–Crippen LogP) is 6.22. The molecule has 10 nitrogen and oxygen atoms in total. The van der Waals surface area contributed by atoms with Gasteiger partial charge in [0.25, 0.3) is 21.8 Å². The van der Waals surface area contributed by atoms with Crippen LogP contribution >= 0.6 is 11.6 Å². The van der Waals surface area contributed by atoms with E-state index in [2.05, 4.69) is 49.9 Å². The Hall–Kier alpha value is -2.76. The van der Waals surface area contributed by atoms with Crippen molar-refractivity contribution in [2.45, 2.75) is 97.1 Å². The fourth-order valence-corrected chi connectivity index (χ4v) is 7.10. The number of hydrogen-bond acceptors (Lipinski definition) is 8. The highest BCUT2D eigenvalue weighted by molar-refractivity contribution is 7.90. The first-order chi connectivity index (χ1) is 20.6. The molecule has 1 aliphatic carbocycles. The summed E-state index contributed by atoms with van der Waals surface area (Å²) in [6, 6.07) is 7.43. The van der Waals surface area contributed by atoms with Crippen LogP contribution in [0.5, 0.6) is 0 Å². The Morgan fingerprint density at radius 1 is 1.14 bits per heavy atom. The van der Waals surface area contributed by atoms with Gasteiger partial charge in [0.2, 0.25) is 0 Å². The van der Waals surface area contributed by atoms with Crippen LogP contribution in [-0.2, 0) is 19.6 Å². The monoisotopic (exact) mass is 647 g/mol. The zero-order valence-electron chi connectivity index (χ0n) is 26.5. The van der Waals surface area contributed by atoms with Crippen molar-refractivity contribution in [3.05, 3.63) is 41.0 Å². The average Bonchev–Trinajstić information content (AvgIpc) is 3.48. The van der Waals surface area contributed by atoms with Gasteiger partial charge in [0.05, 0.1) is 5.56 Å². The Labute approximate surface area is 266 Å². The van der Waals surface area contributed by atoms with Gasteiger partial charge in [0.1, 0.15) is 22.9 Å². The number of sulfonamides is 1. The molecule has 44 heavy (non-hydrogen) atoms. The van der Waals surface area contributed by atoms with E-state index < -0.39 is 22.0 Å². The standard InChI is InChI=1S/C32H46ClN5O5S/c1-31(2,3)16-8-20-43-24-15-19-38(30(24)40)26-13-12-23(28(33)36-26)29(39)37-44(41,42)27-11-6-10-25(35-27)34-18-7-9-22-14-17-32(4,5)21-22/h6,10-13,22,24H,7-9,14-21H2,1-5H3,(H,34,35)(H,37,39)/t22-,24?/m1/s1. The zero-order chi connectivity index (χ0) is 32.1. The molecule has 1 aliphatic heterocycles. The van der Waals surface area contributed by atoms with Crippen LogP contribution in [0.15, 0.2) is 35.4 Å². The van der Waals surface area contributed by atoms with Crippen LogP contribution in [0.2, 0.25) is 5.15 Å². The highest BCUT2D eigenvalue weighted by Crippen LogP contribution is 2.42. The largest absolute Gasteiger partial charge is 0.370 e. The fourth-order valence-electron chi connectivity index (χ4n) is 5.93. The van der Waals surface area contributed by atoms with E-state index in [1.165, 1.54) is 42.4 Å². The lowest BCUT2D eigenvalue weighted by molar-refractivity contribution is -0.127. The van der Waals surface area contributed by atoms with Gasteiger partial charge in [-0.1, -0.05) is 52.3 Å². The number of rotatable bonds is 13. The molecule has 242 valence electrons. The maximum atomic E-state index is 13.0. The van der Waals surface area contributed by atoms with Gasteiger partial charge in [-0.2, -0.15) is 8.42 Å². The summed E-state index contributed by atoms with van der Waals surface area (Å²) in [5, 5.41) is 2.69. The number of carbonyl (C=O) groups excluding carboxylic acids is 2. The van der Waals surface area contributed by atoms with Gasteiger partial charge >= 0.3 is 0 Å². The lowest BCUT2D eigenvalue weighted by atomic mass is 9.89. The van der Waals surface area contributed by atoms with Gasteiger partial charge in [0, 0.05) is 26.1 Å². The zero-order valence-corrected chi connectivity index (χ0v) is 28.1. The van der Waals surface area contributed by atoms with Crippen LogP contribution in [-0.4, -0.2) is 56.0 Å². The Kier molecular flexibility index (Phi) is 11.0.